The van der Waals surface area contributed by atoms with Crippen LogP contribution in [0.5, 0.6) is 0 Å². The van der Waals surface area contributed by atoms with E-state index in [1.165, 1.54) is 18.3 Å². The highest BCUT2D eigenvalue weighted by molar-refractivity contribution is 5.94. The molecule has 160 valence electrons. The van der Waals surface area contributed by atoms with E-state index in [4.69, 9.17) is 0 Å². The molecule has 1 amide bonds. The molecule has 32 heavy (non-hydrogen) atoms. The second-order valence-electron chi connectivity index (χ2n) is 7.71. The molecule has 2 aromatic carbocycles. The topological polar surface area (TPSA) is 91.2 Å². The number of β-amino-alcohol motifs (C(OH)–C–C–N with tert-alkyl or cyclic N) is 1. The van der Waals surface area contributed by atoms with Gasteiger partial charge in [-0.15, -0.1) is 0 Å². The lowest BCUT2D eigenvalue weighted by atomic mass is 10.1. The lowest BCUT2D eigenvalue weighted by Crippen LogP contribution is -2.42. The number of fused-ring (bicyclic) bond motifs is 1. The molecule has 1 aliphatic heterocycles. The molecule has 0 spiro atoms. The van der Waals surface area contributed by atoms with Gasteiger partial charge in [-0.05, 0) is 36.4 Å². The Morgan fingerprint density at radius 2 is 1.84 bits per heavy atom. The number of aromatic nitrogens is 3. The number of rotatable bonds is 4. The molecule has 3 heterocycles. The zero-order chi connectivity index (χ0) is 22.1. The Morgan fingerprint density at radius 3 is 2.62 bits per heavy atom. The van der Waals surface area contributed by atoms with Crippen molar-refractivity contribution in [2.45, 2.75) is 12.1 Å². The van der Waals surface area contributed by atoms with Crippen molar-refractivity contribution in [3.63, 3.8) is 0 Å². The van der Waals surface area contributed by atoms with Gasteiger partial charge in [0.25, 0.3) is 5.91 Å². The molecule has 7 nitrogen and oxygen atoms in total. The Kier molecular flexibility index (Phi) is 5.20. The van der Waals surface area contributed by atoms with Crippen molar-refractivity contribution in [1.29, 1.82) is 0 Å². The number of para-hydroxylation sites is 2. The van der Waals surface area contributed by atoms with E-state index in [2.05, 4.69) is 20.3 Å². The van der Waals surface area contributed by atoms with Gasteiger partial charge < -0.3 is 15.3 Å². The van der Waals surface area contributed by atoms with Gasteiger partial charge in [0.1, 0.15) is 11.6 Å². The number of halogens is 1. The zero-order valence-corrected chi connectivity index (χ0v) is 17.0. The molecule has 0 saturated carbocycles. The van der Waals surface area contributed by atoms with E-state index in [0.717, 1.165) is 11.0 Å². The van der Waals surface area contributed by atoms with Crippen LogP contribution in [0.3, 0.4) is 0 Å². The Balaban J connectivity index is 1.27. The summed E-state index contributed by atoms with van der Waals surface area (Å²) < 4.78 is 13.4. The maximum atomic E-state index is 13.4. The van der Waals surface area contributed by atoms with Crippen molar-refractivity contribution in [3.05, 3.63) is 84.4 Å². The number of hydrogen-bond donors (Lipinski definition) is 2. The maximum absolute atomic E-state index is 13.4. The van der Waals surface area contributed by atoms with E-state index in [1.54, 1.807) is 30.5 Å². The number of aliphatic hydroxyl groups excluding tert-OH is 1. The number of pyridine rings is 1. The molecule has 4 aromatic rings. The first-order valence-corrected chi connectivity index (χ1v) is 10.2. The molecule has 2 unspecified atom stereocenters. The third-order valence-electron chi connectivity index (χ3n) is 5.51. The number of carbonyl (C=O) groups excluding carboxylic acids is 1. The molecule has 2 atom stereocenters. The minimum absolute atomic E-state index is 0.334. The van der Waals surface area contributed by atoms with Crippen LogP contribution in [0.2, 0.25) is 0 Å². The van der Waals surface area contributed by atoms with Crippen molar-refractivity contribution in [2.75, 3.05) is 18.0 Å². The Labute approximate surface area is 183 Å². The van der Waals surface area contributed by atoms with Crippen LogP contribution in [-0.4, -0.2) is 51.2 Å². The molecule has 1 fully saturated rings. The highest BCUT2D eigenvalue weighted by atomic mass is 19.1. The summed E-state index contributed by atoms with van der Waals surface area (Å²) in [5, 5.41) is 13.4. The molecular formula is C24H20FN5O2. The van der Waals surface area contributed by atoms with Crippen LogP contribution in [0.4, 0.5) is 10.2 Å². The van der Waals surface area contributed by atoms with Crippen LogP contribution in [0, 0.1) is 5.82 Å². The average molecular weight is 429 g/mol. The number of hydrogen-bond acceptors (Lipinski definition) is 6. The summed E-state index contributed by atoms with van der Waals surface area (Å²) in [5.74, 6) is -0.0265. The van der Waals surface area contributed by atoms with Crippen molar-refractivity contribution < 1.29 is 14.3 Å². The van der Waals surface area contributed by atoms with Gasteiger partial charge in [0.2, 0.25) is 0 Å². The zero-order valence-electron chi connectivity index (χ0n) is 17.0. The van der Waals surface area contributed by atoms with Gasteiger partial charge in [0.15, 0.2) is 0 Å². The largest absolute Gasteiger partial charge is 0.389 e. The number of aliphatic hydroxyl groups is 1. The molecule has 0 aliphatic carbocycles. The van der Waals surface area contributed by atoms with Gasteiger partial charge in [0, 0.05) is 24.8 Å². The molecule has 2 aromatic heterocycles. The Bertz CT molecular complexity index is 1280. The lowest BCUT2D eigenvalue weighted by molar-refractivity contribution is 0.0888. The first kappa shape index (κ1) is 20.0. The molecule has 5 rings (SSSR count). The fourth-order valence-electron chi connectivity index (χ4n) is 3.81. The van der Waals surface area contributed by atoms with Gasteiger partial charge in [-0.25, -0.2) is 9.37 Å². The summed E-state index contributed by atoms with van der Waals surface area (Å²) in [4.78, 5) is 27.9. The van der Waals surface area contributed by atoms with E-state index in [1.807, 2.05) is 29.2 Å². The SMILES string of the molecule is O=C(NC1CN(c2cnc3ccccc3n2)CC1O)c1ccc(-c2cccc(F)c2)nc1. The number of nitrogens with zero attached hydrogens (tertiary/aromatic N) is 4. The molecule has 1 saturated heterocycles. The fourth-order valence-corrected chi connectivity index (χ4v) is 3.81. The van der Waals surface area contributed by atoms with E-state index in [9.17, 15) is 14.3 Å². The van der Waals surface area contributed by atoms with Crippen molar-refractivity contribution in [1.82, 2.24) is 20.3 Å². The molecular weight excluding hydrogens is 409 g/mol. The van der Waals surface area contributed by atoms with Gasteiger partial charge in [-0.1, -0.05) is 24.3 Å². The van der Waals surface area contributed by atoms with Crippen LogP contribution in [0.15, 0.2) is 73.1 Å². The quantitative estimate of drug-likeness (QED) is 0.519. The Morgan fingerprint density at radius 1 is 1.00 bits per heavy atom. The minimum Gasteiger partial charge on any atom is -0.389 e. The van der Waals surface area contributed by atoms with Crippen LogP contribution >= 0.6 is 0 Å². The van der Waals surface area contributed by atoms with E-state index >= 15 is 0 Å². The van der Waals surface area contributed by atoms with Crippen molar-refractivity contribution in [3.8, 4) is 11.3 Å². The highest BCUT2D eigenvalue weighted by Gasteiger charge is 2.33. The van der Waals surface area contributed by atoms with Crippen LogP contribution < -0.4 is 10.2 Å². The summed E-state index contributed by atoms with van der Waals surface area (Å²) in [6.45, 7) is 0.753. The maximum Gasteiger partial charge on any atom is 0.253 e. The lowest BCUT2D eigenvalue weighted by Gasteiger charge is -2.17. The smallest absolute Gasteiger partial charge is 0.253 e. The average Bonchev–Trinajstić information content (AvgIpc) is 3.19. The fraction of sp³-hybridized carbons (Fsp3) is 0.167. The third kappa shape index (κ3) is 4.00. The summed E-state index contributed by atoms with van der Waals surface area (Å²) >= 11 is 0. The predicted octanol–water partition coefficient (Wildman–Crippen LogP) is 2.81. The number of nitrogens with one attached hydrogen (secondary N) is 1. The number of anilines is 1. The third-order valence-corrected chi connectivity index (χ3v) is 5.51. The van der Waals surface area contributed by atoms with Crippen LogP contribution in [0.25, 0.3) is 22.3 Å². The normalized spacial score (nSPS) is 18.1. The van der Waals surface area contributed by atoms with Gasteiger partial charge in [-0.2, -0.15) is 0 Å². The molecule has 1 aliphatic rings. The molecule has 8 heteroatoms. The van der Waals surface area contributed by atoms with E-state index < -0.39 is 12.1 Å². The van der Waals surface area contributed by atoms with E-state index in [0.29, 0.717) is 35.7 Å². The minimum atomic E-state index is -0.744. The second-order valence-corrected chi connectivity index (χ2v) is 7.71. The van der Waals surface area contributed by atoms with Crippen molar-refractivity contribution in [2.24, 2.45) is 0 Å². The van der Waals surface area contributed by atoms with Gasteiger partial charge >= 0.3 is 0 Å². The van der Waals surface area contributed by atoms with E-state index in [-0.39, 0.29) is 11.7 Å². The van der Waals surface area contributed by atoms with Gasteiger partial charge in [-0.3, -0.25) is 14.8 Å². The number of benzene rings is 2. The molecule has 0 radical (unpaired) electrons. The number of amides is 1. The standard InChI is InChI=1S/C24H20FN5O2/c25-17-5-3-4-15(10-17)18-9-8-16(11-26-18)24(32)29-21-13-30(14-22(21)31)23-12-27-19-6-1-2-7-20(19)28-23/h1-12,21-22,31H,13-14H2,(H,29,32). The number of carbonyl (C=O) groups is 1. The Hall–Kier alpha value is -3.91. The summed E-state index contributed by atoms with van der Waals surface area (Å²) in [6, 6.07) is 16.6. The van der Waals surface area contributed by atoms with Crippen molar-refractivity contribution >= 4 is 22.8 Å². The molecule has 2 N–H and O–H groups in total. The summed E-state index contributed by atoms with van der Waals surface area (Å²) in [7, 11) is 0. The second kappa shape index (κ2) is 8.32. The van der Waals surface area contributed by atoms with Gasteiger partial charge in [0.05, 0.1) is 40.6 Å². The first-order chi connectivity index (χ1) is 15.6. The summed E-state index contributed by atoms with van der Waals surface area (Å²) in [6.07, 6.45) is 2.38. The summed E-state index contributed by atoms with van der Waals surface area (Å²) in [5.41, 5.74) is 3.14. The monoisotopic (exact) mass is 429 g/mol. The van der Waals surface area contributed by atoms with Crippen LogP contribution in [-0.2, 0) is 0 Å². The predicted molar refractivity (Wildman–Crippen MR) is 119 cm³/mol. The first-order valence-electron chi connectivity index (χ1n) is 10.2. The highest BCUT2D eigenvalue weighted by Crippen LogP contribution is 2.21. The van der Waals surface area contributed by atoms with Crippen LogP contribution in [0.1, 0.15) is 10.4 Å². The molecule has 0 bridgehead atoms.